The van der Waals surface area contributed by atoms with Crippen LogP contribution in [0.1, 0.15) is 142 Å². The fraction of sp³-hybridized carbons (Fsp3) is 0.583. The van der Waals surface area contributed by atoms with Crippen LogP contribution in [0.5, 0.6) is 0 Å². The summed E-state index contributed by atoms with van der Waals surface area (Å²) in [7, 11) is -4.65. The van der Waals surface area contributed by atoms with Gasteiger partial charge in [-0.15, -0.1) is 0 Å². The van der Waals surface area contributed by atoms with Gasteiger partial charge in [0.05, 0.1) is 19.8 Å². The molecule has 0 heterocycles. The predicted octanol–water partition coefficient (Wildman–Crippen LogP) is 12.3. The topological polar surface area (TPSA) is 155 Å². The van der Waals surface area contributed by atoms with Crippen molar-refractivity contribution in [2.75, 3.05) is 26.4 Å². The van der Waals surface area contributed by atoms with E-state index in [1.165, 1.54) is 32.1 Å². The maximum atomic E-state index is 12.6. The third kappa shape index (κ3) is 42.6. The Hall–Kier alpha value is -3.37. The van der Waals surface area contributed by atoms with Gasteiger partial charge in [-0.3, -0.25) is 18.6 Å². The van der Waals surface area contributed by atoms with Gasteiger partial charge in [0.2, 0.25) is 0 Å². The van der Waals surface area contributed by atoms with Gasteiger partial charge >= 0.3 is 19.8 Å². The highest BCUT2D eigenvalue weighted by Gasteiger charge is 2.27. The van der Waals surface area contributed by atoms with Crippen molar-refractivity contribution >= 4 is 19.8 Å². The minimum Gasteiger partial charge on any atom is -0.480 e. The summed E-state index contributed by atoms with van der Waals surface area (Å²) in [5.74, 6) is -1.88. The molecule has 0 saturated heterocycles. The minimum absolute atomic E-state index is 0.0265. The molecule has 0 rings (SSSR count). The zero-order chi connectivity index (χ0) is 43.3. The van der Waals surface area contributed by atoms with Crippen LogP contribution in [-0.2, 0) is 32.7 Å². The molecule has 0 aliphatic carbocycles. The van der Waals surface area contributed by atoms with Gasteiger partial charge in [-0.25, -0.2) is 4.57 Å². The molecule has 0 bridgehead atoms. The Labute approximate surface area is 357 Å². The van der Waals surface area contributed by atoms with E-state index < -0.39 is 45.1 Å². The first-order chi connectivity index (χ1) is 28.7. The first-order valence-corrected chi connectivity index (χ1v) is 23.4. The van der Waals surface area contributed by atoms with Crippen LogP contribution in [0.4, 0.5) is 0 Å². The summed E-state index contributed by atoms with van der Waals surface area (Å²) < 4.78 is 33.3. The Morgan fingerprint density at radius 3 is 1.39 bits per heavy atom. The van der Waals surface area contributed by atoms with Crippen LogP contribution < -0.4 is 5.73 Å². The molecule has 0 aromatic heterocycles. The largest absolute Gasteiger partial charge is 0.480 e. The maximum Gasteiger partial charge on any atom is 0.472 e. The van der Waals surface area contributed by atoms with E-state index in [0.717, 1.165) is 83.5 Å². The number of carbonyl (C=O) groups is 2. The van der Waals surface area contributed by atoms with Crippen molar-refractivity contribution in [2.24, 2.45) is 5.73 Å². The summed E-state index contributed by atoms with van der Waals surface area (Å²) in [6.45, 7) is 3.52. The Morgan fingerprint density at radius 2 is 0.932 bits per heavy atom. The van der Waals surface area contributed by atoms with E-state index in [4.69, 9.17) is 29.4 Å². The zero-order valence-electron chi connectivity index (χ0n) is 36.3. The van der Waals surface area contributed by atoms with E-state index in [0.29, 0.717) is 13.0 Å². The number of carbonyl (C=O) groups excluding carboxylic acids is 1. The zero-order valence-corrected chi connectivity index (χ0v) is 37.2. The number of aliphatic carboxylic acids is 1. The van der Waals surface area contributed by atoms with Gasteiger partial charge in [0, 0.05) is 13.0 Å². The van der Waals surface area contributed by atoms with Crippen molar-refractivity contribution in [3.05, 3.63) is 109 Å². The van der Waals surface area contributed by atoms with Crippen molar-refractivity contribution in [1.82, 2.24) is 0 Å². The molecular formula is C48H78NO9P. The first-order valence-electron chi connectivity index (χ1n) is 21.9. The van der Waals surface area contributed by atoms with Crippen LogP contribution in [0.15, 0.2) is 109 Å². The number of rotatable bonds is 40. The molecule has 0 aliphatic heterocycles. The summed E-state index contributed by atoms with van der Waals surface area (Å²) in [6.07, 6.45) is 57.3. The van der Waals surface area contributed by atoms with E-state index in [1.54, 1.807) is 0 Å². The molecule has 10 nitrogen and oxygen atoms in total. The SMILES string of the molecule is CC/C=C\C/C=C\C/C=C\C/C=C\C/C=C\C/C=C\CCC(=O)OC(COCCCCCCCCCC/C=C\C/C=C\C/C=C\CC)COP(=O)(O)OCC(N)C(=O)O. The number of esters is 1. The van der Waals surface area contributed by atoms with Crippen LogP contribution in [0.25, 0.3) is 0 Å². The molecule has 0 radical (unpaired) electrons. The molecule has 0 amide bonds. The Balaban J connectivity index is 4.40. The number of ether oxygens (including phenoxy) is 2. The monoisotopic (exact) mass is 844 g/mol. The lowest BCUT2D eigenvalue weighted by Crippen LogP contribution is -2.34. The second kappa shape index (κ2) is 42.7. The Morgan fingerprint density at radius 1 is 0.542 bits per heavy atom. The van der Waals surface area contributed by atoms with Crippen LogP contribution in [-0.4, -0.2) is 60.5 Å². The summed E-state index contributed by atoms with van der Waals surface area (Å²) in [4.78, 5) is 33.5. The Kier molecular flexibility index (Phi) is 40.3. The van der Waals surface area contributed by atoms with Crippen LogP contribution in [0.3, 0.4) is 0 Å². The number of hydrogen-bond acceptors (Lipinski definition) is 8. The quantitative estimate of drug-likeness (QED) is 0.0235. The van der Waals surface area contributed by atoms with E-state index in [1.807, 2.05) is 12.2 Å². The van der Waals surface area contributed by atoms with Crippen molar-refractivity contribution in [2.45, 2.75) is 154 Å². The molecule has 3 unspecified atom stereocenters. The highest BCUT2D eigenvalue weighted by atomic mass is 31.2. The number of carboxylic acids is 1. The third-order valence-corrected chi connectivity index (χ3v) is 9.51. The maximum absolute atomic E-state index is 12.6. The molecule has 0 spiro atoms. The second-order valence-electron chi connectivity index (χ2n) is 14.1. The number of hydrogen-bond donors (Lipinski definition) is 3. The standard InChI is InChI=1S/C48H78NO9P/c1-3-5-7-9-11-13-15-17-19-21-23-24-26-28-30-32-34-36-38-40-47(50)58-45(43-56-59(53,54)57-44-46(49)48(51)52)42-55-41-39-37-35-33-31-29-27-25-22-20-18-16-14-12-10-8-6-4-2/h5-8,11-14,17-20,23-24,28,30,34,36,45-46H,3-4,9-10,15-16,21-22,25-27,29,31-33,35,37-44,49H2,1-2H3,(H,51,52)(H,53,54)/b7-5-,8-6-,13-11-,14-12-,19-17-,20-18-,24-23-,30-28-,36-34-. The number of phosphoric ester groups is 1. The van der Waals surface area contributed by atoms with Gasteiger partial charge in [-0.1, -0.05) is 162 Å². The predicted molar refractivity (Wildman–Crippen MR) is 244 cm³/mol. The molecular weight excluding hydrogens is 766 g/mol. The van der Waals surface area contributed by atoms with Crippen LogP contribution in [0, 0.1) is 0 Å². The van der Waals surface area contributed by atoms with Gasteiger partial charge in [0.1, 0.15) is 12.1 Å². The molecule has 0 saturated carbocycles. The van der Waals surface area contributed by atoms with Gasteiger partial charge in [-0.2, -0.15) is 0 Å². The molecule has 11 heteroatoms. The molecule has 59 heavy (non-hydrogen) atoms. The molecule has 3 atom stereocenters. The number of phosphoric acid groups is 1. The summed E-state index contributed by atoms with van der Waals surface area (Å²) >= 11 is 0. The molecule has 334 valence electrons. The molecule has 0 aromatic rings. The summed E-state index contributed by atoms with van der Waals surface area (Å²) in [5.41, 5.74) is 5.35. The molecule has 0 aromatic carbocycles. The van der Waals surface area contributed by atoms with Gasteiger partial charge in [0.25, 0.3) is 0 Å². The lowest BCUT2D eigenvalue weighted by molar-refractivity contribution is -0.154. The number of allylic oxidation sites excluding steroid dienone is 18. The van der Waals surface area contributed by atoms with Crippen molar-refractivity contribution in [3.63, 3.8) is 0 Å². The van der Waals surface area contributed by atoms with Gasteiger partial charge in [0.15, 0.2) is 0 Å². The average Bonchev–Trinajstić information content (AvgIpc) is 3.21. The fourth-order valence-corrected chi connectivity index (χ4v) is 6.01. The Bertz CT molecular complexity index is 1350. The van der Waals surface area contributed by atoms with Gasteiger partial charge in [-0.05, 0) is 83.5 Å². The highest BCUT2D eigenvalue weighted by Crippen LogP contribution is 2.43. The molecule has 0 aliphatic rings. The van der Waals surface area contributed by atoms with Crippen molar-refractivity contribution < 1.29 is 42.7 Å². The van der Waals surface area contributed by atoms with Crippen molar-refractivity contribution in [3.8, 4) is 0 Å². The minimum atomic E-state index is -4.65. The van der Waals surface area contributed by atoms with Crippen molar-refractivity contribution in [1.29, 1.82) is 0 Å². The number of unbranched alkanes of at least 4 members (excludes halogenated alkanes) is 8. The van der Waals surface area contributed by atoms with Crippen LogP contribution in [0.2, 0.25) is 0 Å². The second-order valence-corrected chi connectivity index (χ2v) is 15.5. The molecule has 0 fully saturated rings. The molecule has 4 N–H and O–H groups in total. The van der Waals surface area contributed by atoms with E-state index in [9.17, 15) is 19.0 Å². The number of carboxylic acid groups (broad SMARTS) is 1. The smallest absolute Gasteiger partial charge is 0.472 e. The van der Waals surface area contributed by atoms with Gasteiger partial charge < -0.3 is 25.2 Å². The first kappa shape index (κ1) is 55.6. The lowest BCUT2D eigenvalue weighted by Gasteiger charge is -2.20. The lowest BCUT2D eigenvalue weighted by atomic mass is 10.1. The van der Waals surface area contributed by atoms with Crippen LogP contribution >= 0.6 is 7.82 Å². The van der Waals surface area contributed by atoms with E-state index in [2.05, 4.69) is 111 Å². The summed E-state index contributed by atoms with van der Waals surface area (Å²) in [6, 6.07) is -1.49. The fourth-order valence-electron chi connectivity index (χ4n) is 5.23. The average molecular weight is 844 g/mol. The normalized spacial score (nSPS) is 14.9. The number of nitrogens with two attached hydrogens (primary N) is 1. The summed E-state index contributed by atoms with van der Waals surface area (Å²) in [5, 5.41) is 8.90. The highest BCUT2D eigenvalue weighted by molar-refractivity contribution is 7.47. The van der Waals surface area contributed by atoms with E-state index >= 15 is 0 Å². The van der Waals surface area contributed by atoms with E-state index in [-0.39, 0.29) is 13.0 Å². The third-order valence-electron chi connectivity index (χ3n) is 8.56.